The lowest BCUT2D eigenvalue weighted by Gasteiger charge is -2.25. The Labute approximate surface area is 351 Å². The van der Waals surface area contributed by atoms with Crippen LogP contribution in [0.2, 0.25) is 0 Å². The largest absolute Gasteiger partial charge is 0.465 e. The van der Waals surface area contributed by atoms with Gasteiger partial charge in [-0.15, -0.1) is 11.6 Å². The van der Waals surface area contributed by atoms with Crippen LogP contribution in [0.15, 0.2) is 42.5 Å². The van der Waals surface area contributed by atoms with Crippen molar-refractivity contribution in [3.8, 4) is 5.75 Å². The Bertz CT molecular complexity index is 2390. The quantitative estimate of drug-likeness (QED) is 0.0198. The number of carbonyl (C=O) groups is 6. The molecule has 0 spiro atoms. The number of nitro benzene ring substituents is 1. The van der Waals surface area contributed by atoms with Crippen molar-refractivity contribution in [2.45, 2.75) is 63.7 Å². The van der Waals surface area contributed by atoms with Gasteiger partial charge in [-0.3, -0.25) is 29.3 Å². The summed E-state index contributed by atoms with van der Waals surface area (Å²) in [5.74, 6) is -2.21. The molecule has 1 atom stereocenters. The highest BCUT2D eigenvalue weighted by Crippen LogP contribution is 2.48. The Hall–Kier alpha value is -5.33. The number of unbranched alkanes of at least 4 members (excludes halogenated alkanes) is 1. The normalized spacial score (nSPS) is 15.3. The van der Waals surface area contributed by atoms with Gasteiger partial charge in [0.15, 0.2) is 23.4 Å². The third-order valence-corrected chi connectivity index (χ3v) is 13.7. The maximum absolute atomic E-state index is 14.3. The van der Waals surface area contributed by atoms with Crippen LogP contribution in [-0.2, 0) is 19.1 Å². The van der Waals surface area contributed by atoms with Crippen LogP contribution >= 0.6 is 33.2 Å². The zero-order chi connectivity index (χ0) is 42.8. The summed E-state index contributed by atoms with van der Waals surface area (Å²) in [5.41, 5.74) is 2.57. The smallest absolute Gasteiger partial charge is 0.415 e. The number of nitrogens with zero attached hydrogens (tertiary/aromatic N) is 3. The second-order valence-corrected chi connectivity index (χ2v) is 18.3. The van der Waals surface area contributed by atoms with Crippen molar-refractivity contribution in [2.75, 3.05) is 43.3 Å². The van der Waals surface area contributed by atoms with Crippen molar-refractivity contribution in [1.29, 1.82) is 0 Å². The molecular formula is C40H43ClN6O10S2. The average molecular weight is 867 g/mol. The number of halogens is 1. The summed E-state index contributed by atoms with van der Waals surface area (Å²) in [6, 6.07) is 6.19. The zero-order valence-electron chi connectivity index (χ0n) is 33.0. The second kappa shape index (κ2) is 17.9. The number of ether oxygens (including phenoxy) is 2. The SMILES string of the molecule is CCCCN(CCSSC(C)(C)CC(=O)NC1C(=O)C=CC1=O)C(=O)Oc1cc2c(c3c(C(=O)OC)c(C)[nH]c13)[C@H](CCl)CN2C(=O)c1cc2cc([N+](=O)[O-])ccc2[nH]1. The first-order chi connectivity index (χ1) is 28.1. The van der Waals surface area contributed by atoms with Gasteiger partial charge < -0.3 is 34.6 Å². The summed E-state index contributed by atoms with van der Waals surface area (Å²) in [7, 11) is 4.16. The molecular weight excluding hydrogens is 824 g/mol. The molecule has 19 heteroatoms. The third-order valence-electron chi connectivity index (χ3n) is 10.1. The molecule has 0 radical (unpaired) electrons. The first kappa shape index (κ1) is 43.3. The van der Waals surface area contributed by atoms with E-state index in [-0.39, 0.29) is 48.1 Å². The summed E-state index contributed by atoms with van der Waals surface area (Å²) < 4.78 is 10.7. The van der Waals surface area contributed by atoms with E-state index >= 15 is 0 Å². The molecule has 0 saturated heterocycles. The number of aromatic amines is 2. The number of anilines is 1. The van der Waals surface area contributed by atoms with Crippen molar-refractivity contribution in [1.82, 2.24) is 20.2 Å². The molecule has 0 bridgehead atoms. The van der Waals surface area contributed by atoms with Crippen LogP contribution < -0.4 is 15.0 Å². The molecule has 59 heavy (non-hydrogen) atoms. The van der Waals surface area contributed by atoms with Gasteiger partial charge in [-0.2, -0.15) is 0 Å². The molecule has 1 aliphatic carbocycles. The highest BCUT2D eigenvalue weighted by molar-refractivity contribution is 8.77. The predicted octanol–water partition coefficient (Wildman–Crippen LogP) is 6.98. The molecule has 312 valence electrons. The Morgan fingerprint density at radius 2 is 1.83 bits per heavy atom. The maximum atomic E-state index is 14.3. The number of nitro groups is 1. The van der Waals surface area contributed by atoms with Crippen LogP contribution in [0.3, 0.4) is 0 Å². The molecule has 2 aromatic heterocycles. The van der Waals surface area contributed by atoms with Crippen molar-refractivity contribution in [3.63, 3.8) is 0 Å². The molecule has 0 unspecified atom stereocenters. The van der Waals surface area contributed by atoms with E-state index in [4.69, 9.17) is 21.1 Å². The number of hydrogen-bond donors (Lipinski definition) is 3. The Balaban J connectivity index is 1.25. The number of rotatable bonds is 16. The summed E-state index contributed by atoms with van der Waals surface area (Å²) in [4.78, 5) is 98.3. The summed E-state index contributed by atoms with van der Waals surface area (Å²) >= 11 is 6.53. The molecule has 4 aromatic rings. The van der Waals surface area contributed by atoms with Gasteiger partial charge in [0.25, 0.3) is 11.6 Å². The highest BCUT2D eigenvalue weighted by atomic mass is 35.5. The number of aromatic nitrogens is 2. The highest BCUT2D eigenvalue weighted by Gasteiger charge is 2.39. The van der Waals surface area contributed by atoms with E-state index in [0.29, 0.717) is 57.5 Å². The first-order valence-corrected chi connectivity index (χ1v) is 21.7. The van der Waals surface area contributed by atoms with Gasteiger partial charge in [0.2, 0.25) is 5.91 Å². The number of amides is 3. The van der Waals surface area contributed by atoms with Gasteiger partial charge in [-0.25, -0.2) is 9.59 Å². The number of hydrogen-bond acceptors (Lipinski definition) is 12. The Morgan fingerprint density at radius 1 is 1.10 bits per heavy atom. The molecule has 6 rings (SSSR count). The number of H-pyrrole nitrogens is 2. The van der Waals surface area contributed by atoms with Gasteiger partial charge in [-0.05, 0) is 57.0 Å². The molecule has 3 heterocycles. The number of methoxy groups -OCH3 is 1. The molecule has 0 fully saturated rings. The van der Waals surface area contributed by atoms with Crippen molar-refractivity contribution in [2.24, 2.45) is 0 Å². The predicted molar refractivity (Wildman–Crippen MR) is 227 cm³/mol. The van der Waals surface area contributed by atoms with E-state index in [2.05, 4.69) is 15.3 Å². The van der Waals surface area contributed by atoms with Gasteiger partial charge >= 0.3 is 12.1 Å². The number of benzene rings is 2. The first-order valence-electron chi connectivity index (χ1n) is 18.8. The number of non-ortho nitro benzene ring substituents is 1. The minimum Gasteiger partial charge on any atom is -0.465 e. The second-order valence-electron chi connectivity index (χ2n) is 14.8. The van der Waals surface area contributed by atoms with Crippen LogP contribution in [0.5, 0.6) is 5.75 Å². The van der Waals surface area contributed by atoms with Crippen LogP contribution in [0.25, 0.3) is 21.8 Å². The molecule has 16 nitrogen and oxygen atoms in total. The Morgan fingerprint density at radius 3 is 2.49 bits per heavy atom. The van der Waals surface area contributed by atoms with Crippen molar-refractivity contribution < 1.29 is 43.2 Å². The fourth-order valence-electron chi connectivity index (χ4n) is 7.20. The maximum Gasteiger partial charge on any atom is 0.415 e. The van der Waals surface area contributed by atoms with E-state index in [0.717, 1.165) is 18.6 Å². The van der Waals surface area contributed by atoms with Crippen LogP contribution in [0.4, 0.5) is 16.2 Å². The van der Waals surface area contributed by atoms with Crippen LogP contribution in [0.1, 0.15) is 78.1 Å². The summed E-state index contributed by atoms with van der Waals surface area (Å²) in [5, 5.41) is 14.8. The van der Waals surface area contributed by atoms with Crippen molar-refractivity contribution >= 4 is 102 Å². The number of fused-ring (bicyclic) bond motifs is 4. The monoisotopic (exact) mass is 866 g/mol. The van der Waals surface area contributed by atoms with E-state index in [1.54, 1.807) is 17.9 Å². The number of ketones is 2. The van der Waals surface area contributed by atoms with Gasteiger partial charge in [0.05, 0.1) is 28.8 Å². The zero-order valence-corrected chi connectivity index (χ0v) is 35.4. The van der Waals surface area contributed by atoms with Crippen LogP contribution in [0, 0.1) is 17.0 Å². The minimum atomic E-state index is -1.18. The van der Waals surface area contributed by atoms with Crippen LogP contribution in [-0.4, -0.2) is 104 Å². The topological polar surface area (TPSA) is 214 Å². The van der Waals surface area contributed by atoms with Crippen molar-refractivity contribution in [3.05, 3.63) is 75.1 Å². The number of carbonyl (C=O) groups excluding carboxylic acids is 6. The lowest BCUT2D eigenvalue weighted by Crippen LogP contribution is -2.44. The van der Waals surface area contributed by atoms with E-state index in [1.165, 1.54) is 57.9 Å². The Kier molecular flexibility index (Phi) is 13.1. The standard InChI is InChI=1S/C40H43ClN6O10S2/c1-6-7-12-45(13-14-58-59-40(3,4)18-31(50)44-35-28(48)10-11-29(35)49)39(53)57-30-17-27-33(34-32(38(52)56-5)21(2)42-36(30)34)23(19-41)20-46(27)37(51)26-16-22-15-24(47(54)55)8-9-25(22)43-26/h8-11,15-17,23,35,42-43H,6-7,12-14,18-20H2,1-5H3,(H,44,50)/t23-/m1/s1. The van der Waals surface area contributed by atoms with E-state index < -0.39 is 57.1 Å². The summed E-state index contributed by atoms with van der Waals surface area (Å²) in [6.07, 6.45) is 3.19. The molecule has 0 saturated carbocycles. The van der Waals surface area contributed by atoms with Gasteiger partial charge in [0.1, 0.15) is 5.69 Å². The molecule has 1 aliphatic heterocycles. The molecule has 3 amide bonds. The number of esters is 1. The lowest BCUT2D eigenvalue weighted by atomic mass is 9.95. The lowest BCUT2D eigenvalue weighted by molar-refractivity contribution is -0.384. The average Bonchev–Trinajstić information content (AvgIpc) is 3.96. The number of alkyl halides is 1. The molecule has 3 N–H and O–H groups in total. The van der Waals surface area contributed by atoms with Gasteiger partial charge in [0, 0.05) is 88.5 Å². The number of nitrogens with one attached hydrogen (secondary N) is 3. The fraction of sp³-hybridized carbons (Fsp3) is 0.400. The fourth-order valence-corrected chi connectivity index (χ4v) is 9.94. The van der Waals surface area contributed by atoms with E-state index in [9.17, 15) is 38.9 Å². The molecule has 2 aromatic carbocycles. The van der Waals surface area contributed by atoms with Gasteiger partial charge in [-0.1, -0.05) is 34.9 Å². The number of aryl methyl sites for hydroxylation is 1. The summed E-state index contributed by atoms with van der Waals surface area (Å²) in [6.45, 7) is 8.24. The minimum absolute atomic E-state index is 0.0493. The third kappa shape index (κ3) is 9.13. The van der Waals surface area contributed by atoms with E-state index in [1.807, 2.05) is 20.8 Å². The molecule has 2 aliphatic rings.